The summed E-state index contributed by atoms with van der Waals surface area (Å²) >= 11 is 1.78. The molecule has 1 unspecified atom stereocenters. The highest BCUT2D eigenvalue weighted by Gasteiger charge is 2.07. The first-order valence-corrected chi connectivity index (χ1v) is 8.85. The summed E-state index contributed by atoms with van der Waals surface area (Å²) in [6.07, 6.45) is 0. The first-order chi connectivity index (χ1) is 11.7. The maximum Gasteiger partial charge on any atom is 0.191 e. The van der Waals surface area contributed by atoms with Crippen LogP contribution < -0.4 is 20.1 Å². The van der Waals surface area contributed by atoms with Crippen molar-refractivity contribution in [3.8, 4) is 11.5 Å². The van der Waals surface area contributed by atoms with Crippen LogP contribution in [0, 0.1) is 0 Å². The van der Waals surface area contributed by atoms with Crippen LogP contribution in [0.2, 0.25) is 0 Å². The number of aliphatic imine (C=N–C) groups is 1. The van der Waals surface area contributed by atoms with Crippen LogP contribution in [0.15, 0.2) is 46.8 Å². The Bertz CT molecular complexity index is 618. The lowest BCUT2D eigenvalue weighted by Crippen LogP contribution is -2.40. The molecule has 2 N–H and O–H groups in total. The summed E-state index contributed by atoms with van der Waals surface area (Å²) in [6, 6.07) is 11.8. The average Bonchev–Trinajstić information content (AvgIpc) is 3.16. The highest BCUT2D eigenvalue weighted by atomic mass is 127. The molecule has 0 amide bonds. The van der Waals surface area contributed by atoms with Crippen LogP contribution in [-0.2, 0) is 0 Å². The van der Waals surface area contributed by atoms with Crippen LogP contribution >= 0.6 is 35.3 Å². The number of hydrogen-bond donors (Lipinski definition) is 2. The third kappa shape index (κ3) is 7.52. The molecule has 0 saturated heterocycles. The fourth-order valence-electron chi connectivity index (χ4n) is 2.15. The van der Waals surface area contributed by atoms with E-state index in [1.54, 1.807) is 25.5 Å². The van der Waals surface area contributed by atoms with E-state index in [2.05, 4.69) is 40.1 Å². The number of ether oxygens (including phenoxy) is 2. The summed E-state index contributed by atoms with van der Waals surface area (Å²) in [5, 5.41) is 8.71. The maximum atomic E-state index is 5.69. The van der Waals surface area contributed by atoms with Crippen LogP contribution in [0.4, 0.5) is 0 Å². The number of hydrogen-bond acceptors (Lipinski definition) is 4. The van der Waals surface area contributed by atoms with Gasteiger partial charge in [-0.25, -0.2) is 0 Å². The van der Waals surface area contributed by atoms with Crippen molar-refractivity contribution < 1.29 is 9.47 Å². The zero-order valence-corrected chi connectivity index (χ0v) is 18.0. The Hall–Kier alpha value is -1.48. The second kappa shape index (κ2) is 12.0. The van der Waals surface area contributed by atoms with E-state index in [-0.39, 0.29) is 24.0 Å². The van der Waals surface area contributed by atoms with Crippen molar-refractivity contribution in [1.82, 2.24) is 10.6 Å². The Morgan fingerprint density at radius 2 is 1.88 bits per heavy atom. The third-order valence-electron chi connectivity index (χ3n) is 3.55. The summed E-state index contributed by atoms with van der Waals surface area (Å²) in [5.41, 5.74) is 0. The van der Waals surface area contributed by atoms with Gasteiger partial charge in [0.05, 0.1) is 13.7 Å². The molecule has 0 saturated carbocycles. The van der Waals surface area contributed by atoms with E-state index < -0.39 is 0 Å². The second-order valence-electron chi connectivity index (χ2n) is 5.32. The fraction of sp³-hybridized carbons (Fsp3) is 0.389. The molecule has 1 aromatic carbocycles. The first kappa shape index (κ1) is 21.6. The smallest absolute Gasteiger partial charge is 0.191 e. The molecular weight excluding hydrogens is 449 g/mol. The Morgan fingerprint density at radius 1 is 1.16 bits per heavy atom. The van der Waals surface area contributed by atoms with E-state index in [0.717, 1.165) is 24.0 Å². The zero-order chi connectivity index (χ0) is 17.2. The lowest BCUT2D eigenvalue weighted by Gasteiger charge is -2.15. The summed E-state index contributed by atoms with van der Waals surface area (Å²) in [4.78, 5) is 5.61. The molecule has 138 valence electrons. The highest BCUT2D eigenvalue weighted by Crippen LogP contribution is 2.19. The number of methoxy groups -OCH3 is 1. The van der Waals surface area contributed by atoms with Gasteiger partial charge in [-0.1, -0.05) is 13.0 Å². The van der Waals surface area contributed by atoms with Gasteiger partial charge in [-0.2, -0.15) is 0 Å². The van der Waals surface area contributed by atoms with Crippen molar-refractivity contribution in [3.05, 3.63) is 46.7 Å². The average molecular weight is 475 g/mol. The molecule has 0 radical (unpaired) electrons. The Morgan fingerprint density at radius 3 is 2.48 bits per heavy atom. The molecule has 7 heteroatoms. The van der Waals surface area contributed by atoms with Crippen LogP contribution in [0.1, 0.15) is 17.7 Å². The van der Waals surface area contributed by atoms with Crippen molar-refractivity contribution in [2.24, 2.45) is 4.99 Å². The Kier molecular flexibility index (Phi) is 10.3. The van der Waals surface area contributed by atoms with E-state index in [1.165, 1.54) is 4.88 Å². The number of rotatable bonds is 8. The van der Waals surface area contributed by atoms with Crippen LogP contribution in [0.5, 0.6) is 11.5 Å². The van der Waals surface area contributed by atoms with Crippen LogP contribution in [-0.4, -0.2) is 39.8 Å². The van der Waals surface area contributed by atoms with Gasteiger partial charge in [0.2, 0.25) is 0 Å². The van der Waals surface area contributed by atoms with Gasteiger partial charge in [-0.15, -0.1) is 35.3 Å². The predicted molar refractivity (Wildman–Crippen MR) is 116 cm³/mol. The highest BCUT2D eigenvalue weighted by molar-refractivity contribution is 14.0. The van der Waals surface area contributed by atoms with E-state index in [9.17, 15) is 0 Å². The molecule has 0 bridgehead atoms. The summed E-state index contributed by atoms with van der Waals surface area (Å²) in [7, 11) is 3.42. The van der Waals surface area contributed by atoms with Gasteiger partial charge < -0.3 is 20.1 Å². The number of benzene rings is 1. The van der Waals surface area contributed by atoms with Gasteiger partial charge in [-0.05, 0) is 35.7 Å². The minimum Gasteiger partial charge on any atom is -0.497 e. The van der Waals surface area contributed by atoms with Gasteiger partial charge in [0.15, 0.2) is 5.96 Å². The minimum absolute atomic E-state index is 0. The van der Waals surface area contributed by atoms with Crippen molar-refractivity contribution in [2.75, 3.05) is 33.9 Å². The van der Waals surface area contributed by atoms with Gasteiger partial charge in [-0.3, -0.25) is 4.99 Å². The molecule has 0 aliphatic heterocycles. The van der Waals surface area contributed by atoms with E-state index in [0.29, 0.717) is 19.1 Å². The number of nitrogens with one attached hydrogen (secondary N) is 2. The molecule has 2 rings (SSSR count). The molecule has 5 nitrogen and oxygen atoms in total. The van der Waals surface area contributed by atoms with E-state index in [1.807, 2.05) is 24.3 Å². The monoisotopic (exact) mass is 475 g/mol. The molecule has 2 aromatic rings. The normalized spacial score (nSPS) is 12.0. The second-order valence-corrected chi connectivity index (χ2v) is 6.30. The number of thiophene rings is 1. The van der Waals surface area contributed by atoms with Gasteiger partial charge in [0.25, 0.3) is 0 Å². The van der Waals surface area contributed by atoms with Crippen LogP contribution in [0.3, 0.4) is 0 Å². The molecule has 1 atom stereocenters. The Labute approximate surface area is 170 Å². The lowest BCUT2D eigenvalue weighted by atomic mass is 10.1. The first-order valence-electron chi connectivity index (χ1n) is 7.97. The van der Waals surface area contributed by atoms with Crippen LogP contribution in [0.25, 0.3) is 0 Å². The van der Waals surface area contributed by atoms with Crippen molar-refractivity contribution in [2.45, 2.75) is 12.8 Å². The predicted octanol–water partition coefficient (Wildman–Crippen LogP) is 3.72. The number of nitrogens with zero attached hydrogens (tertiary/aromatic N) is 1. The van der Waals surface area contributed by atoms with Gasteiger partial charge >= 0.3 is 0 Å². The van der Waals surface area contributed by atoms with Gasteiger partial charge in [0, 0.05) is 24.4 Å². The maximum absolute atomic E-state index is 5.69. The van der Waals surface area contributed by atoms with Crippen molar-refractivity contribution >= 4 is 41.3 Å². The third-order valence-corrected chi connectivity index (χ3v) is 4.65. The molecule has 0 spiro atoms. The summed E-state index contributed by atoms with van der Waals surface area (Å²) in [5.74, 6) is 2.90. The number of guanidine groups is 1. The Balaban J connectivity index is 0.00000312. The fourth-order valence-corrected chi connectivity index (χ4v) is 2.94. The minimum atomic E-state index is 0. The molecule has 0 fully saturated rings. The molecule has 1 heterocycles. The summed E-state index contributed by atoms with van der Waals surface area (Å²) in [6.45, 7) is 4.30. The standard InChI is InChI=1S/C18H25N3O2S.HI/c1-14(17-5-4-12-24-17)13-21-18(19-2)20-10-11-23-16-8-6-15(22-3)7-9-16;/h4-9,12,14H,10-11,13H2,1-3H3,(H2,19,20,21);1H. The molecule has 0 aliphatic carbocycles. The zero-order valence-electron chi connectivity index (χ0n) is 14.8. The lowest BCUT2D eigenvalue weighted by molar-refractivity contribution is 0.321. The van der Waals surface area contributed by atoms with Crippen molar-refractivity contribution in [1.29, 1.82) is 0 Å². The van der Waals surface area contributed by atoms with E-state index >= 15 is 0 Å². The quantitative estimate of drug-likeness (QED) is 0.265. The van der Waals surface area contributed by atoms with Gasteiger partial charge in [0.1, 0.15) is 18.1 Å². The summed E-state index contributed by atoms with van der Waals surface area (Å²) < 4.78 is 10.8. The largest absolute Gasteiger partial charge is 0.497 e. The van der Waals surface area contributed by atoms with E-state index in [4.69, 9.17) is 9.47 Å². The molecular formula is C18H26IN3O2S. The topological polar surface area (TPSA) is 54.9 Å². The SMILES string of the molecule is CN=C(NCCOc1ccc(OC)cc1)NCC(C)c1cccs1.I. The molecule has 0 aliphatic rings. The number of halogens is 1. The molecule has 25 heavy (non-hydrogen) atoms. The van der Waals surface area contributed by atoms with Crippen molar-refractivity contribution in [3.63, 3.8) is 0 Å². The molecule has 1 aromatic heterocycles.